The summed E-state index contributed by atoms with van der Waals surface area (Å²) in [5, 5.41) is 19.0. The molecule has 4 heterocycles. The minimum Gasteiger partial charge on any atom is -0.478 e. The van der Waals surface area contributed by atoms with Gasteiger partial charge in [-0.3, -0.25) is 4.79 Å². The Hall–Kier alpha value is -2.94. The maximum atomic E-state index is 12.5. The highest BCUT2D eigenvalue weighted by Gasteiger charge is 2.32. The van der Waals surface area contributed by atoms with E-state index >= 15 is 0 Å². The van der Waals surface area contributed by atoms with E-state index < -0.39 is 5.97 Å². The second kappa shape index (κ2) is 5.60. The van der Waals surface area contributed by atoms with Crippen molar-refractivity contribution >= 4 is 23.2 Å². The lowest BCUT2D eigenvalue weighted by atomic mass is 10.2. The van der Waals surface area contributed by atoms with E-state index in [9.17, 15) is 9.59 Å². The number of rotatable bonds is 4. The molecule has 1 N–H and O–H groups in total. The lowest BCUT2D eigenvalue weighted by Gasteiger charge is -2.13. The second-order valence-electron chi connectivity index (χ2n) is 5.40. The number of aromatic nitrogens is 3. The van der Waals surface area contributed by atoms with E-state index in [-0.39, 0.29) is 30.3 Å². The van der Waals surface area contributed by atoms with Gasteiger partial charge in [0.25, 0.3) is 5.91 Å². The lowest BCUT2D eigenvalue weighted by Crippen LogP contribution is -2.26. The molecule has 0 spiro atoms. The Kier molecular flexibility index (Phi) is 3.42. The highest BCUT2D eigenvalue weighted by Crippen LogP contribution is 2.28. The van der Waals surface area contributed by atoms with Gasteiger partial charge in [0, 0.05) is 10.4 Å². The van der Waals surface area contributed by atoms with Crippen molar-refractivity contribution in [3.8, 4) is 0 Å². The molecule has 0 saturated carbocycles. The summed E-state index contributed by atoms with van der Waals surface area (Å²) in [5.74, 6) is -0.849. The first kappa shape index (κ1) is 14.6. The molecule has 0 atom stereocenters. The Labute approximate surface area is 139 Å². The van der Waals surface area contributed by atoms with Crippen LogP contribution in [0.15, 0.2) is 34.4 Å². The van der Waals surface area contributed by atoms with Gasteiger partial charge in [0.05, 0.1) is 25.8 Å². The van der Waals surface area contributed by atoms with Crippen LogP contribution in [0.25, 0.3) is 0 Å². The van der Waals surface area contributed by atoms with Crippen molar-refractivity contribution in [1.29, 1.82) is 0 Å². The van der Waals surface area contributed by atoms with Crippen molar-refractivity contribution in [2.24, 2.45) is 0 Å². The van der Waals surface area contributed by atoms with Crippen LogP contribution in [0.2, 0.25) is 0 Å². The number of fused-ring (bicyclic) bond motifs is 1. The van der Waals surface area contributed by atoms with Crippen molar-refractivity contribution in [1.82, 2.24) is 19.9 Å². The molecule has 3 aromatic heterocycles. The monoisotopic (exact) mass is 344 g/mol. The summed E-state index contributed by atoms with van der Waals surface area (Å²) in [4.78, 5) is 26.3. The zero-order valence-electron chi connectivity index (χ0n) is 12.4. The van der Waals surface area contributed by atoms with Gasteiger partial charge < -0.3 is 14.4 Å². The molecule has 24 heavy (non-hydrogen) atoms. The number of carbonyl (C=O) groups is 2. The quantitative estimate of drug-likeness (QED) is 0.775. The molecule has 0 unspecified atom stereocenters. The molecular formula is C15H12N4O4S. The van der Waals surface area contributed by atoms with Crippen molar-refractivity contribution < 1.29 is 19.1 Å². The molecule has 1 aliphatic heterocycles. The van der Waals surface area contributed by atoms with Crippen LogP contribution in [0.4, 0.5) is 0 Å². The van der Waals surface area contributed by atoms with Crippen LogP contribution in [-0.4, -0.2) is 36.9 Å². The molecule has 0 radical (unpaired) electrons. The Morgan fingerprint density at radius 1 is 1.38 bits per heavy atom. The van der Waals surface area contributed by atoms with E-state index in [2.05, 4.69) is 10.3 Å². The normalized spacial score (nSPS) is 13.2. The van der Waals surface area contributed by atoms with Crippen molar-refractivity contribution in [3.63, 3.8) is 0 Å². The number of nitrogens with zero attached hydrogens (tertiary/aromatic N) is 4. The van der Waals surface area contributed by atoms with Crippen LogP contribution in [0.1, 0.15) is 37.0 Å². The number of aromatic carboxylic acids is 1. The number of hydrogen-bond acceptors (Lipinski definition) is 6. The van der Waals surface area contributed by atoms with E-state index in [0.717, 1.165) is 4.88 Å². The molecule has 9 heteroatoms. The summed E-state index contributed by atoms with van der Waals surface area (Å²) in [6, 6.07) is 3.94. The first-order chi connectivity index (χ1) is 11.6. The van der Waals surface area contributed by atoms with Gasteiger partial charge in [0.1, 0.15) is 17.6 Å². The number of furan rings is 1. The molecule has 1 aliphatic rings. The molecule has 3 aromatic rings. The van der Waals surface area contributed by atoms with E-state index in [1.54, 1.807) is 22.2 Å². The van der Waals surface area contributed by atoms with Crippen LogP contribution < -0.4 is 0 Å². The van der Waals surface area contributed by atoms with Crippen LogP contribution >= 0.6 is 11.3 Å². The predicted octanol–water partition coefficient (Wildman–Crippen LogP) is 1.84. The smallest absolute Gasteiger partial charge is 0.339 e. The third-order valence-electron chi connectivity index (χ3n) is 3.84. The van der Waals surface area contributed by atoms with E-state index in [1.807, 2.05) is 17.5 Å². The standard InChI is InChI=1S/C15H12N4O4S/c20-14(12-6-19(17-16-12)4-9-2-1-3-24-9)18-5-10-11(15(21)22)8-23-13(10)7-18/h1-3,6,8H,4-5,7H2,(H,21,22). The molecule has 0 fully saturated rings. The molecular weight excluding hydrogens is 332 g/mol. The molecule has 0 aromatic carbocycles. The third kappa shape index (κ3) is 2.48. The summed E-state index contributed by atoms with van der Waals surface area (Å²) >= 11 is 1.61. The third-order valence-corrected chi connectivity index (χ3v) is 4.70. The summed E-state index contributed by atoms with van der Waals surface area (Å²) in [6.07, 6.45) is 2.81. The van der Waals surface area contributed by atoms with Gasteiger partial charge in [0.2, 0.25) is 0 Å². The molecule has 122 valence electrons. The average molecular weight is 344 g/mol. The summed E-state index contributed by atoms with van der Waals surface area (Å²) < 4.78 is 6.85. The maximum Gasteiger partial charge on any atom is 0.339 e. The molecule has 8 nitrogen and oxygen atoms in total. The fourth-order valence-electron chi connectivity index (χ4n) is 2.67. The summed E-state index contributed by atoms with van der Waals surface area (Å²) in [7, 11) is 0. The van der Waals surface area contributed by atoms with Crippen molar-refractivity contribution in [3.05, 3.63) is 57.4 Å². The Balaban J connectivity index is 1.49. The van der Waals surface area contributed by atoms with E-state index in [0.29, 0.717) is 17.9 Å². The Morgan fingerprint density at radius 3 is 3.00 bits per heavy atom. The van der Waals surface area contributed by atoms with Crippen LogP contribution in [0.5, 0.6) is 0 Å². The molecule has 1 amide bonds. The van der Waals surface area contributed by atoms with Crippen LogP contribution in [0, 0.1) is 0 Å². The minimum atomic E-state index is -1.06. The number of carbonyl (C=O) groups excluding carboxylic acids is 1. The second-order valence-corrected chi connectivity index (χ2v) is 6.43. The molecule has 0 aliphatic carbocycles. The number of carboxylic acids is 1. The van der Waals surface area contributed by atoms with Gasteiger partial charge in [-0.05, 0) is 11.4 Å². The molecule has 4 rings (SSSR count). The predicted molar refractivity (Wildman–Crippen MR) is 82.7 cm³/mol. The van der Waals surface area contributed by atoms with Crippen molar-refractivity contribution in [2.75, 3.05) is 0 Å². The largest absolute Gasteiger partial charge is 0.478 e. The average Bonchev–Trinajstić information content (AvgIpc) is 3.31. The first-order valence-corrected chi connectivity index (χ1v) is 8.04. The summed E-state index contributed by atoms with van der Waals surface area (Å²) in [5.41, 5.74) is 0.872. The molecule has 0 saturated heterocycles. The minimum absolute atomic E-state index is 0.0987. The van der Waals surface area contributed by atoms with E-state index in [4.69, 9.17) is 9.52 Å². The zero-order chi connectivity index (χ0) is 16.7. The molecule has 0 bridgehead atoms. The van der Waals surface area contributed by atoms with Gasteiger partial charge in [0.15, 0.2) is 5.69 Å². The first-order valence-electron chi connectivity index (χ1n) is 7.16. The Bertz CT molecular complexity index is 912. The van der Waals surface area contributed by atoms with E-state index in [1.165, 1.54) is 11.2 Å². The highest BCUT2D eigenvalue weighted by molar-refractivity contribution is 7.09. The SMILES string of the molecule is O=C(O)c1coc2c1CN(C(=O)c1cn(Cc3cccs3)nn1)C2. The number of carboxylic acid groups (broad SMARTS) is 1. The van der Waals surface area contributed by atoms with Crippen LogP contribution in [0.3, 0.4) is 0 Å². The number of hydrogen-bond donors (Lipinski definition) is 1. The number of thiophene rings is 1. The highest BCUT2D eigenvalue weighted by atomic mass is 32.1. The van der Waals surface area contributed by atoms with Gasteiger partial charge in [-0.25, -0.2) is 9.48 Å². The topological polar surface area (TPSA) is 101 Å². The maximum absolute atomic E-state index is 12.5. The van der Waals surface area contributed by atoms with Gasteiger partial charge >= 0.3 is 5.97 Å². The number of amides is 1. The van der Waals surface area contributed by atoms with Crippen LogP contribution in [-0.2, 0) is 19.6 Å². The lowest BCUT2D eigenvalue weighted by molar-refractivity contribution is 0.0682. The van der Waals surface area contributed by atoms with Gasteiger partial charge in [-0.2, -0.15) is 0 Å². The fourth-order valence-corrected chi connectivity index (χ4v) is 3.37. The van der Waals surface area contributed by atoms with Gasteiger partial charge in [-0.15, -0.1) is 16.4 Å². The fraction of sp³-hybridized carbons (Fsp3) is 0.200. The summed E-state index contributed by atoms with van der Waals surface area (Å²) in [6.45, 7) is 0.991. The zero-order valence-corrected chi connectivity index (χ0v) is 13.2. The van der Waals surface area contributed by atoms with Crippen molar-refractivity contribution in [2.45, 2.75) is 19.6 Å². The Morgan fingerprint density at radius 2 is 2.25 bits per heavy atom. The van der Waals surface area contributed by atoms with Gasteiger partial charge in [-0.1, -0.05) is 11.3 Å².